The lowest BCUT2D eigenvalue weighted by molar-refractivity contribution is 0.348. The first-order valence-corrected chi connectivity index (χ1v) is 9.60. The minimum absolute atomic E-state index is 0.394. The Bertz CT molecular complexity index is 466. The monoisotopic (exact) mass is 309 g/mol. The number of benzene rings is 1. The molecule has 0 bridgehead atoms. The highest BCUT2D eigenvalue weighted by Gasteiger charge is 2.34. The standard InChI is InChI=1S/C16H23NOS2/c1-3-13-16(20-10-9-19-13)14(17-2)12-6-4-5-11-7-8-18-15(11)12/h4-6,13-14,16-17H,3,7-10H2,1-2H3. The molecule has 0 radical (unpaired) electrons. The Morgan fingerprint density at radius 2 is 2.20 bits per heavy atom. The lowest BCUT2D eigenvalue weighted by Gasteiger charge is -2.36. The summed E-state index contributed by atoms with van der Waals surface area (Å²) in [6, 6.07) is 7.04. The van der Waals surface area contributed by atoms with Crippen LogP contribution in [-0.2, 0) is 6.42 Å². The van der Waals surface area contributed by atoms with Crippen LogP contribution in [0.5, 0.6) is 5.75 Å². The van der Waals surface area contributed by atoms with Crippen LogP contribution in [0.15, 0.2) is 18.2 Å². The summed E-state index contributed by atoms with van der Waals surface area (Å²) in [4.78, 5) is 0. The Labute approximate surface area is 130 Å². The lowest BCUT2D eigenvalue weighted by atomic mass is 9.97. The number of hydrogen-bond acceptors (Lipinski definition) is 4. The molecule has 110 valence electrons. The van der Waals surface area contributed by atoms with Crippen LogP contribution in [0.3, 0.4) is 0 Å². The van der Waals surface area contributed by atoms with Crippen molar-refractivity contribution >= 4 is 23.5 Å². The van der Waals surface area contributed by atoms with Gasteiger partial charge in [-0.15, -0.1) is 0 Å². The number of thioether (sulfide) groups is 2. The van der Waals surface area contributed by atoms with Crippen molar-refractivity contribution in [1.29, 1.82) is 0 Å². The molecule has 0 amide bonds. The quantitative estimate of drug-likeness (QED) is 0.918. The summed E-state index contributed by atoms with van der Waals surface area (Å²) in [7, 11) is 2.09. The van der Waals surface area contributed by atoms with Gasteiger partial charge >= 0.3 is 0 Å². The molecule has 1 aromatic rings. The van der Waals surface area contributed by atoms with E-state index in [4.69, 9.17) is 4.74 Å². The molecule has 2 aliphatic heterocycles. The summed E-state index contributed by atoms with van der Waals surface area (Å²) in [5, 5.41) is 4.95. The second kappa shape index (κ2) is 6.63. The molecule has 0 spiro atoms. The highest BCUT2D eigenvalue weighted by molar-refractivity contribution is 8.07. The van der Waals surface area contributed by atoms with Gasteiger partial charge in [0.25, 0.3) is 0 Å². The largest absolute Gasteiger partial charge is 0.493 e. The van der Waals surface area contributed by atoms with E-state index in [1.807, 2.05) is 0 Å². The molecule has 0 aromatic heterocycles. The maximum absolute atomic E-state index is 5.92. The van der Waals surface area contributed by atoms with Crippen molar-refractivity contribution in [2.45, 2.75) is 36.3 Å². The fourth-order valence-corrected chi connectivity index (χ4v) is 6.51. The predicted octanol–water partition coefficient (Wildman–Crippen LogP) is 3.51. The summed E-state index contributed by atoms with van der Waals surface area (Å²) in [5.41, 5.74) is 2.74. The van der Waals surface area contributed by atoms with Gasteiger partial charge in [0.2, 0.25) is 0 Å². The van der Waals surface area contributed by atoms with Gasteiger partial charge in [-0.05, 0) is 19.0 Å². The highest BCUT2D eigenvalue weighted by atomic mass is 32.2. The third-order valence-electron chi connectivity index (χ3n) is 4.21. The van der Waals surface area contributed by atoms with Crippen molar-refractivity contribution in [3.8, 4) is 5.75 Å². The predicted molar refractivity (Wildman–Crippen MR) is 90.2 cm³/mol. The number of fused-ring (bicyclic) bond motifs is 1. The Kier molecular flexibility index (Phi) is 4.84. The topological polar surface area (TPSA) is 21.3 Å². The summed E-state index contributed by atoms with van der Waals surface area (Å²) in [6.45, 7) is 3.15. The summed E-state index contributed by atoms with van der Waals surface area (Å²) >= 11 is 4.27. The van der Waals surface area contributed by atoms with Crippen LogP contribution in [0.2, 0.25) is 0 Å². The Morgan fingerprint density at radius 1 is 1.35 bits per heavy atom. The maximum atomic E-state index is 5.92. The summed E-state index contributed by atoms with van der Waals surface area (Å²) in [5.74, 6) is 3.71. The first kappa shape index (κ1) is 14.6. The Balaban J connectivity index is 1.91. The van der Waals surface area contributed by atoms with Crippen molar-refractivity contribution in [1.82, 2.24) is 5.32 Å². The van der Waals surface area contributed by atoms with Gasteiger partial charge in [-0.2, -0.15) is 23.5 Å². The van der Waals surface area contributed by atoms with Gasteiger partial charge in [0, 0.05) is 40.0 Å². The van der Waals surface area contributed by atoms with Crippen LogP contribution in [-0.4, -0.2) is 35.7 Å². The van der Waals surface area contributed by atoms with Gasteiger partial charge < -0.3 is 10.1 Å². The third-order valence-corrected chi connectivity index (χ3v) is 7.56. The molecule has 1 aromatic carbocycles. The van der Waals surface area contributed by atoms with E-state index in [1.54, 1.807) is 0 Å². The molecule has 3 atom stereocenters. The molecule has 2 heterocycles. The van der Waals surface area contributed by atoms with Crippen LogP contribution in [0, 0.1) is 0 Å². The van der Waals surface area contributed by atoms with E-state index < -0.39 is 0 Å². The van der Waals surface area contributed by atoms with E-state index in [9.17, 15) is 0 Å². The molecule has 20 heavy (non-hydrogen) atoms. The number of ether oxygens (including phenoxy) is 1. The number of para-hydroxylation sites is 1. The second-order valence-corrected chi connectivity index (χ2v) is 7.99. The fraction of sp³-hybridized carbons (Fsp3) is 0.625. The zero-order chi connectivity index (χ0) is 13.9. The molecule has 0 aliphatic carbocycles. The summed E-state index contributed by atoms with van der Waals surface area (Å²) < 4.78 is 5.92. The first-order chi connectivity index (χ1) is 9.85. The molecule has 3 unspecified atom stereocenters. The van der Waals surface area contributed by atoms with E-state index in [1.165, 1.54) is 29.1 Å². The highest BCUT2D eigenvalue weighted by Crippen LogP contribution is 2.43. The van der Waals surface area contributed by atoms with Gasteiger partial charge in [0.1, 0.15) is 5.75 Å². The molecule has 1 saturated heterocycles. The van der Waals surface area contributed by atoms with Gasteiger partial charge in [-0.25, -0.2) is 0 Å². The van der Waals surface area contributed by atoms with Crippen LogP contribution in [0.25, 0.3) is 0 Å². The van der Waals surface area contributed by atoms with Gasteiger partial charge in [-0.1, -0.05) is 25.1 Å². The number of hydrogen-bond donors (Lipinski definition) is 1. The molecule has 1 N–H and O–H groups in total. The van der Waals surface area contributed by atoms with Gasteiger partial charge in [-0.3, -0.25) is 0 Å². The van der Waals surface area contributed by atoms with Crippen LogP contribution in [0.1, 0.15) is 30.5 Å². The zero-order valence-electron chi connectivity index (χ0n) is 12.2. The number of nitrogens with one attached hydrogen (secondary N) is 1. The fourth-order valence-electron chi connectivity index (χ4n) is 3.23. The Morgan fingerprint density at radius 3 is 3.00 bits per heavy atom. The molecule has 4 heteroatoms. The minimum Gasteiger partial charge on any atom is -0.493 e. The van der Waals surface area contributed by atoms with E-state index in [0.717, 1.165) is 24.0 Å². The molecular weight excluding hydrogens is 286 g/mol. The van der Waals surface area contributed by atoms with E-state index >= 15 is 0 Å². The summed E-state index contributed by atoms with van der Waals surface area (Å²) in [6.07, 6.45) is 2.31. The normalized spacial score (nSPS) is 26.9. The van der Waals surface area contributed by atoms with Crippen molar-refractivity contribution in [2.75, 3.05) is 25.2 Å². The minimum atomic E-state index is 0.394. The lowest BCUT2D eigenvalue weighted by Crippen LogP contribution is -2.37. The zero-order valence-corrected chi connectivity index (χ0v) is 13.9. The van der Waals surface area contributed by atoms with Crippen LogP contribution >= 0.6 is 23.5 Å². The van der Waals surface area contributed by atoms with Crippen molar-refractivity contribution in [3.63, 3.8) is 0 Å². The molecule has 1 fully saturated rings. The van der Waals surface area contributed by atoms with Crippen molar-refractivity contribution in [3.05, 3.63) is 29.3 Å². The average Bonchev–Trinajstić information content (AvgIpc) is 2.98. The molecule has 2 nitrogen and oxygen atoms in total. The molecule has 3 rings (SSSR count). The smallest absolute Gasteiger partial charge is 0.127 e. The molecular formula is C16H23NOS2. The van der Waals surface area contributed by atoms with E-state index in [2.05, 4.69) is 61.0 Å². The SMILES string of the molecule is CCC1SCCSC1C(NC)c1cccc2c1OCC2. The maximum Gasteiger partial charge on any atom is 0.127 e. The molecule has 2 aliphatic rings. The van der Waals surface area contributed by atoms with Crippen molar-refractivity contribution in [2.24, 2.45) is 0 Å². The van der Waals surface area contributed by atoms with Gasteiger partial charge in [0.05, 0.1) is 6.61 Å². The first-order valence-electron chi connectivity index (χ1n) is 7.50. The van der Waals surface area contributed by atoms with E-state index in [0.29, 0.717) is 11.3 Å². The van der Waals surface area contributed by atoms with Crippen molar-refractivity contribution < 1.29 is 4.74 Å². The third kappa shape index (κ3) is 2.70. The Hall–Kier alpha value is -0.320. The van der Waals surface area contributed by atoms with Crippen LogP contribution in [0.4, 0.5) is 0 Å². The number of rotatable bonds is 4. The van der Waals surface area contributed by atoms with Crippen LogP contribution < -0.4 is 10.1 Å². The van der Waals surface area contributed by atoms with E-state index in [-0.39, 0.29) is 0 Å². The average molecular weight is 310 g/mol. The second-order valence-electron chi connectivity index (χ2n) is 5.35. The molecule has 0 saturated carbocycles. The van der Waals surface area contributed by atoms with Gasteiger partial charge in [0.15, 0.2) is 0 Å².